The molecular formula is C21H30N4O3. The summed E-state index contributed by atoms with van der Waals surface area (Å²) in [6.45, 7) is 8.16. The third kappa shape index (κ3) is 7.20. The molecule has 1 saturated heterocycles. The fraction of sp³-hybridized carbons (Fsp3) is 0.571. The third-order valence-corrected chi connectivity index (χ3v) is 4.69. The van der Waals surface area contributed by atoms with Gasteiger partial charge < -0.3 is 15.4 Å². The number of rotatable bonds is 6. The zero-order valence-electron chi connectivity index (χ0n) is 17.0. The van der Waals surface area contributed by atoms with Crippen molar-refractivity contribution in [2.24, 2.45) is 0 Å². The second-order valence-electron chi connectivity index (χ2n) is 8.28. The van der Waals surface area contributed by atoms with Crippen LogP contribution in [-0.2, 0) is 16.1 Å². The van der Waals surface area contributed by atoms with Gasteiger partial charge in [0.2, 0.25) is 5.91 Å². The Balaban J connectivity index is 2.00. The van der Waals surface area contributed by atoms with Gasteiger partial charge >= 0.3 is 6.09 Å². The molecule has 0 atom stereocenters. The smallest absolute Gasteiger partial charge is 0.408 e. The van der Waals surface area contributed by atoms with E-state index in [1.807, 2.05) is 45.0 Å². The lowest BCUT2D eigenvalue weighted by Gasteiger charge is -2.42. The SMILES string of the molecule is CC(C)(C)OC(=O)NC1(CNC(=O)CC#N)CCN(Cc2ccccc2)CC1. The Kier molecular flexibility index (Phi) is 7.41. The van der Waals surface area contributed by atoms with Crippen LogP contribution >= 0.6 is 0 Å². The number of amides is 2. The van der Waals surface area contributed by atoms with Crippen molar-refractivity contribution in [3.8, 4) is 6.07 Å². The zero-order chi connectivity index (χ0) is 20.6. The number of carbonyl (C=O) groups excluding carboxylic acids is 2. The Labute approximate surface area is 167 Å². The van der Waals surface area contributed by atoms with Crippen LogP contribution in [0.4, 0.5) is 4.79 Å². The van der Waals surface area contributed by atoms with Gasteiger partial charge in [-0.05, 0) is 39.2 Å². The van der Waals surface area contributed by atoms with Crippen LogP contribution in [0, 0.1) is 11.3 Å². The number of carbonyl (C=O) groups is 2. The summed E-state index contributed by atoms with van der Waals surface area (Å²) in [6.07, 6.45) is 0.694. The van der Waals surface area contributed by atoms with Gasteiger partial charge in [0.15, 0.2) is 0 Å². The van der Waals surface area contributed by atoms with Crippen molar-refractivity contribution in [1.29, 1.82) is 5.26 Å². The summed E-state index contributed by atoms with van der Waals surface area (Å²) in [5.41, 5.74) is 0.0710. The van der Waals surface area contributed by atoms with E-state index < -0.39 is 17.2 Å². The van der Waals surface area contributed by atoms with Gasteiger partial charge in [0.05, 0.1) is 11.6 Å². The number of nitriles is 1. The van der Waals surface area contributed by atoms with Crippen LogP contribution in [0.2, 0.25) is 0 Å². The Bertz CT molecular complexity index is 699. The summed E-state index contributed by atoms with van der Waals surface area (Å²) in [6, 6.07) is 12.1. The first kappa shape index (κ1) is 21.7. The number of alkyl carbamates (subject to hydrolysis) is 1. The van der Waals surface area contributed by atoms with Gasteiger partial charge in [0, 0.05) is 26.2 Å². The van der Waals surface area contributed by atoms with Crippen molar-refractivity contribution in [1.82, 2.24) is 15.5 Å². The number of benzene rings is 1. The maximum atomic E-state index is 12.4. The molecule has 1 aromatic carbocycles. The van der Waals surface area contributed by atoms with Gasteiger partial charge in [-0.1, -0.05) is 30.3 Å². The first-order valence-corrected chi connectivity index (χ1v) is 9.62. The summed E-state index contributed by atoms with van der Waals surface area (Å²) >= 11 is 0. The first-order chi connectivity index (χ1) is 13.2. The first-order valence-electron chi connectivity index (χ1n) is 9.62. The van der Waals surface area contributed by atoms with E-state index in [4.69, 9.17) is 10.00 Å². The van der Waals surface area contributed by atoms with Gasteiger partial charge in [0.25, 0.3) is 0 Å². The Hall–Kier alpha value is -2.59. The molecule has 1 fully saturated rings. The molecule has 0 aliphatic carbocycles. The highest BCUT2D eigenvalue weighted by molar-refractivity contribution is 5.78. The highest BCUT2D eigenvalue weighted by Gasteiger charge is 2.37. The molecule has 2 N–H and O–H groups in total. The minimum atomic E-state index is -0.594. The molecular weight excluding hydrogens is 356 g/mol. The number of likely N-dealkylation sites (tertiary alicyclic amines) is 1. The van der Waals surface area contributed by atoms with Crippen LogP contribution < -0.4 is 10.6 Å². The van der Waals surface area contributed by atoms with Crippen molar-refractivity contribution in [2.45, 2.75) is 57.7 Å². The Morgan fingerprint density at radius 2 is 1.86 bits per heavy atom. The molecule has 0 aromatic heterocycles. The maximum absolute atomic E-state index is 12.4. The van der Waals surface area contributed by atoms with E-state index in [1.165, 1.54) is 5.56 Å². The topological polar surface area (TPSA) is 94.5 Å². The minimum Gasteiger partial charge on any atom is -0.444 e. The molecule has 7 nitrogen and oxygen atoms in total. The average Bonchev–Trinajstić information content (AvgIpc) is 2.62. The predicted molar refractivity (Wildman–Crippen MR) is 106 cm³/mol. The lowest BCUT2D eigenvalue weighted by atomic mass is 9.87. The number of hydrogen-bond donors (Lipinski definition) is 2. The van der Waals surface area contributed by atoms with Gasteiger partial charge in [-0.15, -0.1) is 0 Å². The number of nitrogens with zero attached hydrogens (tertiary/aromatic N) is 2. The van der Waals surface area contributed by atoms with Crippen LogP contribution in [-0.4, -0.2) is 47.7 Å². The summed E-state index contributed by atoms with van der Waals surface area (Å²) in [5, 5.41) is 14.4. The zero-order valence-corrected chi connectivity index (χ0v) is 17.0. The highest BCUT2D eigenvalue weighted by atomic mass is 16.6. The van der Waals surface area contributed by atoms with E-state index in [2.05, 4.69) is 27.7 Å². The standard InChI is InChI=1S/C21H30N4O3/c1-20(2,3)28-19(27)24-21(16-23-18(26)9-12-22)10-13-25(14-11-21)15-17-7-5-4-6-8-17/h4-8H,9-11,13-16H2,1-3H3,(H,23,26)(H,24,27). The summed E-state index contributed by atoms with van der Waals surface area (Å²) in [5.74, 6) is -0.334. The molecule has 2 rings (SSSR count). The van der Waals surface area contributed by atoms with Crippen LogP contribution in [0.15, 0.2) is 30.3 Å². The van der Waals surface area contributed by atoms with Crippen molar-refractivity contribution >= 4 is 12.0 Å². The molecule has 152 valence electrons. The lowest BCUT2D eigenvalue weighted by molar-refractivity contribution is -0.120. The molecule has 2 amide bonds. The van der Waals surface area contributed by atoms with Crippen molar-refractivity contribution in [3.05, 3.63) is 35.9 Å². The number of hydrogen-bond acceptors (Lipinski definition) is 5. The van der Waals surface area contributed by atoms with Gasteiger partial charge in [-0.3, -0.25) is 9.69 Å². The molecule has 0 spiro atoms. The summed E-state index contributed by atoms with van der Waals surface area (Å²) in [7, 11) is 0. The van der Waals surface area contributed by atoms with E-state index in [0.717, 1.165) is 19.6 Å². The van der Waals surface area contributed by atoms with E-state index in [9.17, 15) is 9.59 Å². The molecule has 0 radical (unpaired) electrons. The molecule has 7 heteroatoms. The average molecular weight is 386 g/mol. The number of nitrogens with one attached hydrogen (secondary N) is 2. The van der Waals surface area contributed by atoms with Crippen molar-refractivity contribution in [2.75, 3.05) is 19.6 Å². The fourth-order valence-electron chi connectivity index (χ4n) is 3.25. The quantitative estimate of drug-likeness (QED) is 0.784. The Morgan fingerprint density at radius 1 is 1.21 bits per heavy atom. The number of ether oxygens (including phenoxy) is 1. The van der Waals surface area contributed by atoms with Gasteiger partial charge in [-0.2, -0.15) is 5.26 Å². The largest absolute Gasteiger partial charge is 0.444 e. The summed E-state index contributed by atoms with van der Waals surface area (Å²) in [4.78, 5) is 26.5. The minimum absolute atomic E-state index is 0.192. The second-order valence-corrected chi connectivity index (χ2v) is 8.28. The normalized spacial score (nSPS) is 16.6. The van der Waals surface area contributed by atoms with Crippen LogP contribution in [0.3, 0.4) is 0 Å². The van der Waals surface area contributed by atoms with E-state index in [1.54, 1.807) is 0 Å². The second kappa shape index (κ2) is 9.56. The molecule has 28 heavy (non-hydrogen) atoms. The van der Waals surface area contributed by atoms with Crippen LogP contribution in [0.1, 0.15) is 45.6 Å². The number of piperidine rings is 1. The van der Waals surface area contributed by atoms with E-state index >= 15 is 0 Å². The molecule has 1 aliphatic rings. The third-order valence-electron chi connectivity index (χ3n) is 4.69. The van der Waals surface area contributed by atoms with Crippen LogP contribution in [0.5, 0.6) is 0 Å². The van der Waals surface area contributed by atoms with E-state index in [-0.39, 0.29) is 18.9 Å². The lowest BCUT2D eigenvalue weighted by Crippen LogP contribution is -2.61. The predicted octanol–water partition coefficient (Wildman–Crippen LogP) is 2.58. The molecule has 1 aromatic rings. The van der Waals surface area contributed by atoms with Gasteiger partial charge in [-0.25, -0.2) is 4.79 Å². The highest BCUT2D eigenvalue weighted by Crippen LogP contribution is 2.24. The molecule has 0 saturated carbocycles. The monoisotopic (exact) mass is 386 g/mol. The van der Waals surface area contributed by atoms with E-state index in [0.29, 0.717) is 12.8 Å². The van der Waals surface area contributed by atoms with Crippen molar-refractivity contribution < 1.29 is 14.3 Å². The maximum Gasteiger partial charge on any atom is 0.408 e. The summed E-state index contributed by atoms with van der Waals surface area (Å²) < 4.78 is 5.41. The van der Waals surface area contributed by atoms with Crippen molar-refractivity contribution in [3.63, 3.8) is 0 Å². The molecule has 1 heterocycles. The van der Waals surface area contributed by atoms with Gasteiger partial charge in [0.1, 0.15) is 12.0 Å². The van der Waals surface area contributed by atoms with Crippen LogP contribution in [0.25, 0.3) is 0 Å². The Morgan fingerprint density at radius 3 is 2.43 bits per heavy atom. The molecule has 0 unspecified atom stereocenters. The molecule has 0 bridgehead atoms. The fourth-order valence-corrected chi connectivity index (χ4v) is 3.25. The molecule has 1 aliphatic heterocycles.